The van der Waals surface area contributed by atoms with Crippen molar-refractivity contribution in [2.24, 2.45) is 5.92 Å². The molecule has 13 fully saturated rings. The van der Waals surface area contributed by atoms with Gasteiger partial charge in [0.1, 0.15) is 185 Å². The predicted octanol–water partition coefficient (Wildman–Crippen LogP) is 23.9. The molecule has 0 radical (unpaired) electrons. The summed E-state index contributed by atoms with van der Waals surface area (Å²) in [6, 6.07) is 90.7. The van der Waals surface area contributed by atoms with Gasteiger partial charge in [0.25, 0.3) is 0 Å². The van der Waals surface area contributed by atoms with Crippen LogP contribution < -0.4 is 47.4 Å². The van der Waals surface area contributed by atoms with Crippen molar-refractivity contribution in [2.45, 2.75) is 205 Å². The van der Waals surface area contributed by atoms with Gasteiger partial charge in [-0.1, -0.05) is 233 Å². The van der Waals surface area contributed by atoms with Crippen molar-refractivity contribution in [3.63, 3.8) is 0 Å². The van der Waals surface area contributed by atoms with Gasteiger partial charge in [-0.3, -0.25) is 0 Å². The third-order valence-corrected chi connectivity index (χ3v) is 27.3. The number of benzene rings is 13. The number of epoxide rings is 12. The standard InChI is InChI=1S/C38H38O8.C34H34O7.C27H24O4.C9H10O2.C8H16O.C3H6O.C3H8.C2H6.2CH4/c1-9-29(39-17-33-21-43-33)10-2-25(1)37(26-3-11-30(12-4-26)40-18-34-22-44-34)38(27-5-13-31(14-6-27)41-19-35-23-45-35)28-7-15-32(16-8-28)42-20-36-24-46-36;1-3-22-5-9-33(40-19-27-17-38-27)31(29(22)11-21(1)2-7-25-14-36-25)13-32-30-12-24(35-15-26-16-37-26)8-4-23(30)6-10-34(32)41-20-28-18-39-28;1-3-7-22-18(5-1)9-11-26(30-16-20-14-28-20)24(22)13-25-23-8-4-2-6-19(23)10-12-27(25)31-17-21-15-29-21;1-2-4-8(5-3-1)10-6-9-7-11-9;1-7-5-3-4-6-8(7)9-2;1-3-2-4-3;1-3-2;1-2;;/h1-16,33-38H,17-24H2;1,3-6,8-12,25-28H,2,7,13-20H2;1-12,20-21H,13-17H2;1-5,9H,6-7H2;7-8H,3-6H2,1-2H3;3H,2H2,1H3;3H2,1-2H3;1-2H3;2*1H4. The monoisotopic (exact) mass is 2030 g/mol. The molecule has 792 valence electrons. The highest BCUT2D eigenvalue weighted by atomic mass is 16.6. The number of para-hydroxylation sites is 1. The molecule has 1 saturated carbocycles. The van der Waals surface area contributed by atoms with E-state index in [2.05, 4.69) is 252 Å². The van der Waals surface area contributed by atoms with Crippen LogP contribution in [-0.4, -0.2) is 232 Å². The van der Waals surface area contributed by atoms with Crippen molar-refractivity contribution < 1.29 is 109 Å². The van der Waals surface area contributed by atoms with Gasteiger partial charge in [-0.2, -0.15) is 0 Å². The Morgan fingerprint density at radius 2 is 0.523 bits per heavy atom. The van der Waals surface area contributed by atoms with Crippen LogP contribution in [0.15, 0.2) is 261 Å². The third kappa shape index (κ3) is 34.2. The molecule has 12 saturated heterocycles. The summed E-state index contributed by atoms with van der Waals surface area (Å²) in [5.41, 5.74) is 10.7. The summed E-state index contributed by atoms with van der Waals surface area (Å²) in [4.78, 5) is 0. The number of hydrogen-bond donors (Lipinski definition) is 0. The molecular weight excluding hydrogens is 1880 g/mol. The first-order chi connectivity index (χ1) is 72.4. The van der Waals surface area contributed by atoms with Crippen LogP contribution in [0.4, 0.5) is 0 Å². The van der Waals surface area contributed by atoms with Crippen LogP contribution in [0.5, 0.6) is 57.5 Å². The van der Waals surface area contributed by atoms with Gasteiger partial charge in [-0.05, 0) is 206 Å². The molecule has 12 aliphatic heterocycles. The lowest BCUT2D eigenvalue weighted by molar-refractivity contribution is 0.0310. The Hall–Kier alpha value is -11.6. The molecule has 0 amide bonds. The lowest BCUT2D eigenvalue weighted by atomic mass is 9.73. The highest BCUT2D eigenvalue weighted by Crippen LogP contribution is 2.47. The van der Waals surface area contributed by atoms with E-state index in [-0.39, 0.29) is 81.6 Å². The average Bonchev–Trinajstić information content (AvgIpc) is 1.06. The summed E-state index contributed by atoms with van der Waals surface area (Å²) in [5.74, 6) is 9.45. The van der Waals surface area contributed by atoms with Crippen LogP contribution in [0.3, 0.4) is 0 Å². The SMILES string of the molecule is C.C.CC.CC1CO1.CCC.COC1CCCCC1C.c1cc(C(c2ccc(OCC3CO3)cc2)C(c2ccc(OCC3CO3)cc2)c2ccc(OCC3CO3)cc2)ccc1OCC1CO1.c1cc2ccc(OCC3CO3)c(Cc3c(OCC4CO4)ccc4ccc(OCC5CO5)cc34)c2cc1CCC1CO1.c1ccc(OCC2CO2)cc1.c1ccc2c(Cc3c(OCC4CO4)ccc4ccccc34)c(OCC3CO3)ccc2c1. The molecule has 12 heterocycles. The van der Waals surface area contributed by atoms with Gasteiger partial charge in [-0.15, -0.1) is 0 Å². The molecule has 26 rings (SSSR count). The first-order valence-corrected chi connectivity index (χ1v) is 53.2. The van der Waals surface area contributed by atoms with Crippen LogP contribution in [0.2, 0.25) is 0 Å². The van der Waals surface area contributed by atoms with E-state index in [9.17, 15) is 0 Å². The van der Waals surface area contributed by atoms with Gasteiger partial charge in [0, 0.05) is 54.0 Å². The van der Waals surface area contributed by atoms with Crippen LogP contribution in [0.1, 0.15) is 157 Å². The molecule has 1 aliphatic carbocycles. The number of hydrogen-bond acceptors (Lipinski definition) is 23. The second kappa shape index (κ2) is 54.4. The normalized spacial score (nSPS) is 22.9. The minimum absolute atomic E-state index is 0. The maximum Gasteiger partial charge on any atom is 0.123 e. The van der Waals surface area contributed by atoms with E-state index in [0.717, 1.165) is 184 Å². The predicted molar refractivity (Wildman–Crippen MR) is 582 cm³/mol. The molecule has 14 atom stereocenters. The van der Waals surface area contributed by atoms with E-state index in [4.69, 9.17) is 109 Å². The highest BCUT2D eigenvalue weighted by Gasteiger charge is 2.35. The molecule has 13 aromatic carbocycles. The molecule has 0 spiro atoms. The summed E-state index contributed by atoms with van der Waals surface area (Å²) in [6.45, 7) is 28.0. The fourth-order valence-electron chi connectivity index (χ4n) is 17.8. The van der Waals surface area contributed by atoms with Crippen molar-refractivity contribution in [3.8, 4) is 57.5 Å². The molecule has 13 aliphatic rings. The first-order valence-electron chi connectivity index (χ1n) is 53.2. The first kappa shape index (κ1) is 109. The maximum absolute atomic E-state index is 6.40. The zero-order valence-corrected chi connectivity index (χ0v) is 85.9. The average molecular weight is 2030 g/mol. The number of rotatable bonds is 43. The largest absolute Gasteiger partial charge is 0.491 e. The van der Waals surface area contributed by atoms with Crippen molar-refractivity contribution in [3.05, 3.63) is 311 Å². The molecule has 13 aromatic rings. The van der Waals surface area contributed by atoms with E-state index in [1.54, 1.807) is 0 Å². The topological polar surface area (TPSA) is 252 Å². The molecular formula is C126H150O23. The van der Waals surface area contributed by atoms with Gasteiger partial charge in [0.2, 0.25) is 0 Å². The summed E-state index contributed by atoms with van der Waals surface area (Å²) < 4.78 is 129. The quantitative estimate of drug-likeness (QED) is 0.0322. The third-order valence-electron chi connectivity index (χ3n) is 27.3. The zero-order chi connectivity index (χ0) is 100. The minimum atomic E-state index is -0.0140. The number of methoxy groups -OCH3 is 1. The molecule has 23 heteroatoms. The molecule has 0 N–H and O–H groups in total. The van der Waals surface area contributed by atoms with Crippen molar-refractivity contribution in [1.29, 1.82) is 0 Å². The van der Waals surface area contributed by atoms with E-state index in [1.807, 2.05) is 57.4 Å². The van der Waals surface area contributed by atoms with Crippen LogP contribution >= 0.6 is 0 Å². The minimum Gasteiger partial charge on any atom is -0.491 e. The van der Waals surface area contributed by atoms with E-state index < -0.39 is 0 Å². The van der Waals surface area contributed by atoms with Crippen molar-refractivity contribution >= 4 is 43.1 Å². The second-order valence-electron chi connectivity index (χ2n) is 39.5. The Balaban J connectivity index is 0.000000134. The summed E-state index contributed by atoms with van der Waals surface area (Å²) >= 11 is 0. The Bertz CT molecular complexity index is 5790. The maximum atomic E-state index is 6.40. The van der Waals surface area contributed by atoms with E-state index in [1.165, 1.54) is 103 Å². The summed E-state index contributed by atoms with van der Waals surface area (Å²) in [7, 11) is 1.83. The highest BCUT2D eigenvalue weighted by molar-refractivity contribution is 5.94. The summed E-state index contributed by atoms with van der Waals surface area (Å²) in [6.07, 6.45) is 13.8. The lowest BCUT2D eigenvalue weighted by Gasteiger charge is -2.30. The summed E-state index contributed by atoms with van der Waals surface area (Å²) in [5, 5.41) is 9.50. The van der Waals surface area contributed by atoms with Crippen molar-refractivity contribution in [1.82, 2.24) is 0 Å². The number of fused-ring (bicyclic) bond motifs is 4. The van der Waals surface area contributed by atoms with E-state index >= 15 is 0 Å². The number of aryl methyl sites for hydroxylation is 1. The Morgan fingerprint density at radius 1 is 0.268 bits per heavy atom. The van der Waals surface area contributed by atoms with E-state index in [0.29, 0.717) is 96.9 Å². The Kier molecular flexibility index (Phi) is 39.6. The number of ether oxygens (including phenoxy) is 23. The second-order valence-corrected chi connectivity index (χ2v) is 39.5. The molecule has 149 heavy (non-hydrogen) atoms. The van der Waals surface area contributed by atoms with Gasteiger partial charge in [0.15, 0.2) is 0 Å². The van der Waals surface area contributed by atoms with Gasteiger partial charge in [-0.25, -0.2) is 0 Å². The van der Waals surface area contributed by atoms with Crippen LogP contribution in [-0.2, 0) is 80.8 Å². The molecule has 0 bridgehead atoms. The fourth-order valence-corrected chi connectivity index (χ4v) is 17.8. The lowest BCUT2D eigenvalue weighted by Crippen LogP contribution is -2.23. The molecule has 23 nitrogen and oxygen atoms in total. The molecule has 0 aromatic heterocycles. The smallest absolute Gasteiger partial charge is 0.123 e. The Morgan fingerprint density at radius 3 is 0.826 bits per heavy atom. The molecule has 14 unspecified atom stereocenters. The van der Waals surface area contributed by atoms with Gasteiger partial charge >= 0.3 is 0 Å². The van der Waals surface area contributed by atoms with Gasteiger partial charge in [0.05, 0.1) is 97.6 Å². The van der Waals surface area contributed by atoms with Gasteiger partial charge < -0.3 is 109 Å². The van der Waals surface area contributed by atoms with Crippen LogP contribution in [0.25, 0.3) is 43.1 Å². The zero-order valence-electron chi connectivity index (χ0n) is 85.9. The van der Waals surface area contributed by atoms with Crippen LogP contribution in [0, 0.1) is 5.92 Å². The Labute approximate surface area is 879 Å². The fraction of sp³-hybridized carbons (Fsp3) is 0.444. The van der Waals surface area contributed by atoms with Crippen molar-refractivity contribution in [2.75, 3.05) is 152 Å².